The standard InChI is InChI=1S/C11H19N3O/c1-4-15-6-5-14(3)11-9(2)7-10(12)8-13-11/h7-8H,4-6,12H2,1-3H3. The lowest BCUT2D eigenvalue weighted by Gasteiger charge is -2.19. The summed E-state index contributed by atoms with van der Waals surface area (Å²) in [6, 6.07) is 1.93. The van der Waals surface area contributed by atoms with Crippen molar-refractivity contribution in [1.82, 2.24) is 4.98 Å². The molecule has 0 saturated heterocycles. The number of likely N-dealkylation sites (N-methyl/N-ethyl adjacent to an activating group) is 1. The van der Waals surface area contributed by atoms with E-state index in [1.165, 1.54) is 0 Å². The first kappa shape index (κ1) is 11.8. The molecule has 4 nitrogen and oxygen atoms in total. The monoisotopic (exact) mass is 209 g/mol. The summed E-state index contributed by atoms with van der Waals surface area (Å²) in [6.07, 6.45) is 1.68. The van der Waals surface area contributed by atoms with E-state index in [9.17, 15) is 0 Å². The predicted octanol–water partition coefficient (Wildman–Crippen LogP) is 1.44. The van der Waals surface area contributed by atoms with Gasteiger partial charge in [-0.25, -0.2) is 4.98 Å². The molecule has 0 amide bonds. The Hall–Kier alpha value is -1.29. The number of rotatable bonds is 5. The molecule has 0 aromatic carbocycles. The number of nitrogen functional groups attached to an aromatic ring is 1. The largest absolute Gasteiger partial charge is 0.397 e. The Bertz CT molecular complexity index is 315. The highest BCUT2D eigenvalue weighted by Crippen LogP contribution is 2.17. The van der Waals surface area contributed by atoms with E-state index in [0.717, 1.165) is 31.1 Å². The molecule has 0 spiro atoms. The van der Waals surface area contributed by atoms with Gasteiger partial charge in [0.1, 0.15) is 5.82 Å². The highest BCUT2D eigenvalue weighted by molar-refractivity contribution is 5.52. The van der Waals surface area contributed by atoms with Crippen LogP contribution in [0.15, 0.2) is 12.3 Å². The van der Waals surface area contributed by atoms with E-state index in [4.69, 9.17) is 10.5 Å². The average molecular weight is 209 g/mol. The number of hydrogen-bond acceptors (Lipinski definition) is 4. The number of anilines is 2. The molecule has 2 N–H and O–H groups in total. The maximum atomic E-state index is 5.64. The molecule has 1 aromatic rings. The van der Waals surface area contributed by atoms with Gasteiger partial charge in [0.15, 0.2) is 0 Å². The first-order chi connectivity index (χ1) is 7.15. The van der Waals surface area contributed by atoms with Crippen molar-refractivity contribution < 1.29 is 4.74 Å². The SMILES string of the molecule is CCOCCN(C)c1ncc(N)cc1C. The van der Waals surface area contributed by atoms with Crippen LogP contribution in [-0.4, -0.2) is 31.8 Å². The van der Waals surface area contributed by atoms with Crippen LogP contribution < -0.4 is 10.6 Å². The van der Waals surface area contributed by atoms with Crippen LogP contribution in [0.2, 0.25) is 0 Å². The predicted molar refractivity (Wildman–Crippen MR) is 63.1 cm³/mol. The van der Waals surface area contributed by atoms with Crippen molar-refractivity contribution in [3.05, 3.63) is 17.8 Å². The molecule has 1 heterocycles. The van der Waals surface area contributed by atoms with Crippen molar-refractivity contribution in [3.63, 3.8) is 0 Å². The lowest BCUT2D eigenvalue weighted by molar-refractivity contribution is 0.154. The van der Waals surface area contributed by atoms with Crippen LogP contribution in [0.4, 0.5) is 11.5 Å². The van der Waals surface area contributed by atoms with E-state index in [1.807, 2.05) is 27.0 Å². The average Bonchev–Trinajstić information content (AvgIpc) is 2.17. The number of aryl methyl sites for hydroxylation is 1. The smallest absolute Gasteiger partial charge is 0.131 e. The van der Waals surface area contributed by atoms with Gasteiger partial charge >= 0.3 is 0 Å². The first-order valence-electron chi connectivity index (χ1n) is 5.16. The summed E-state index contributed by atoms with van der Waals surface area (Å²) in [5.74, 6) is 0.962. The minimum Gasteiger partial charge on any atom is -0.397 e. The minimum atomic E-state index is 0.703. The third-order valence-corrected chi connectivity index (χ3v) is 2.21. The van der Waals surface area contributed by atoms with Crippen LogP contribution in [0.25, 0.3) is 0 Å². The Morgan fingerprint density at radius 1 is 1.53 bits per heavy atom. The fourth-order valence-electron chi connectivity index (χ4n) is 1.44. The van der Waals surface area contributed by atoms with Crippen LogP contribution in [0.3, 0.4) is 0 Å². The Kier molecular flexibility index (Phi) is 4.37. The molecule has 0 saturated carbocycles. The van der Waals surface area contributed by atoms with Gasteiger partial charge in [-0.15, -0.1) is 0 Å². The van der Waals surface area contributed by atoms with Crippen molar-refractivity contribution in [2.24, 2.45) is 0 Å². The van der Waals surface area contributed by atoms with Crippen molar-refractivity contribution >= 4 is 11.5 Å². The number of hydrogen-bond donors (Lipinski definition) is 1. The fraction of sp³-hybridized carbons (Fsp3) is 0.545. The van der Waals surface area contributed by atoms with Gasteiger partial charge in [0.05, 0.1) is 18.5 Å². The molecular formula is C11H19N3O. The number of nitrogens with two attached hydrogens (primary N) is 1. The van der Waals surface area contributed by atoms with E-state index >= 15 is 0 Å². The van der Waals surface area contributed by atoms with Gasteiger partial charge < -0.3 is 15.4 Å². The van der Waals surface area contributed by atoms with Gasteiger partial charge in [-0.3, -0.25) is 0 Å². The summed E-state index contributed by atoms with van der Waals surface area (Å²) in [4.78, 5) is 6.38. The highest BCUT2D eigenvalue weighted by Gasteiger charge is 2.05. The van der Waals surface area contributed by atoms with Crippen molar-refractivity contribution in [1.29, 1.82) is 0 Å². The minimum absolute atomic E-state index is 0.703. The second-order valence-electron chi connectivity index (χ2n) is 3.53. The second kappa shape index (κ2) is 5.56. The van der Waals surface area contributed by atoms with E-state index in [0.29, 0.717) is 5.69 Å². The van der Waals surface area contributed by atoms with Crippen molar-refractivity contribution in [2.45, 2.75) is 13.8 Å². The van der Waals surface area contributed by atoms with Crippen LogP contribution >= 0.6 is 0 Å². The van der Waals surface area contributed by atoms with Gasteiger partial charge in [0.25, 0.3) is 0 Å². The van der Waals surface area contributed by atoms with Crippen LogP contribution in [0, 0.1) is 6.92 Å². The molecule has 0 fully saturated rings. The molecule has 0 unspecified atom stereocenters. The number of pyridine rings is 1. The van der Waals surface area contributed by atoms with Gasteiger partial charge in [-0.05, 0) is 25.5 Å². The third-order valence-electron chi connectivity index (χ3n) is 2.21. The van der Waals surface area contributed by atoms with Crippen LogP contribution in [-0.2, 0) is 4.74 Å². The summed E-state index contributed by atoms with van der Waals surface area (Å²) in [6.45, 7) is 6.31. The summed E-state index contributed by atoms with van der Waals surface area (Å²) >= 11 is 0. The molecule has 0 aliphatic heterocycles. The Balaban J connectivity index is 2.61. The number of aromatic nitrogens is 1. The zero-order valence-corrected chi connectivity index (χ0v) is 9.66. The lowest BCUT2D eigenvalue weighted by atomic mass is 10.2. The molecule has 4 heteroatoms. The Morgan fingerprint density at radius 3 is 2.87 bits per heavy atom. The van der Waals surface area contributed by atoms with E-state index in [1.54, 1.807) is 6.20 Å². The summed E-state index contributed by atoms with van der Waals surface area (Å²) in [5.41, 5.74) is 7.44. The summed E-state index contributed by atoms with van der Waals surface area (Å²) < 4.78 is 5.30. The van der Waals surface area contributed by atoms with Crippen molar-refractivity contribution in [2.75, 3.05) is 37.4 Å². The number of nitrogens with zero attached hydrogens (tertiary/aromatic N) is 2. The highest BCUT2D eigenvalue weighted by atomic mass is 16.5. The normalized spacial score (nSPS) is 10.3. The molecule has 0 radical (unpaired) electrons. The van der Waals surface area contributed by atoms with Gasteiger partial charge in [-0.2, -0.15) is 0 Å². The maximum absolute atomic E-state index is 5.64. The second-order valence-corrected chi connectivity index (χ2v) is 3.53. The van der Waals surface area contributed by atoms with E-state index < -0.39 is 0 Å². The molecule has 0 atom stereocenters. The zero-order valence-electron chi connectivity index (χ0n) is 9.66. The van der Waals surface area contributed by atoms with Crippen LogP contribution in [0.5, 0.6) is 0 Å². The quantitative estimate of drug-likeness (QED) is 0.746. The molecule has 1 rings (SSSR count). The molecule has 0 aliphatic rings. The molecule has 84 valence electrons. The Labute approximate surface area is 91.1 Å². The number of ether oxygens (including phenoxy) is 1. The topological polar surface area (TPSA) is 51.4 Å². The third kappa shape index (κ3) is 3.40. The molecule has 0 bridgehead atoms. The molecule has 15 heavy (non-hydrogen) atoms. The summed E-state index contributed by atoms with van der Waals surface area (Å²) in [5, 5.41) is 0. The maximum Gasteiger partial charge on any atom is 0.131 e. The molecular weight excluding hydrogens is 190 g/mol. The van der Waals surface area contributed by atoms with Crippen LogP contribution in [0.1, 0.15) is 12.5 Å². The molecule has 1 aromatic heterocycles. The van der Waals surface area contributed by atoms with Gasteiger partial charge in [0, 0.05) is 20.2 Å². The lowest BCUT2D eigenvalue weighted by Crippen LogP contribution is -2.24. The molecule has 0 aliphatic carbocycles. The van der Waals surface area contributed by atoms with Gasteiger partial charge in [-0.1, -0.05) is 0 Å². The van der Waals surface area contributed by atoms with E-state index in [2.05, 4.69) is 9.88 Å². The zero-order chi connectivity index (χ0) is 11.3. The van der Waals surface area contributed by atoms with Gasteiger partial charge in [0.2, 0.25) is 0 Å². The Morgan fingerprint density at radius 2 is 2.27 bits per heavy atom. The summed E-state index contributed by atoms with van der Waals surface area (Å²) in [7, 11) is 2.00. The van der Waals surface area contributed by atoms with Crippen molar-refractivity contribution in [3.8, 4) is 0 Å². The van der Waals surface area contributed by atoms with E-state index in [-0.39, 0.29) is 0 Å². The first-order valence-corrected chi connectivity index (χ1v) is 5.16. The fourth-order valence-corrected chi connectivity index (χ4v) is 1.44.